The molecule has 2 fully saturated rings. The van der Waals surface area contributed by atoms with Gasteiger partial charge in [-0.2, -0.15) is 0 Å². The molecule has 92 valence electrons. The monoisotopic (exact) mass is 230 g/mol. The van der Waals surface area contributed by atoms with Gasteiger partial charge in [-0.25, -0.2) is 0 Å². The van der Waals surface area contributed by atoms with Crippen molar-refractivity contribution in [3.05, 3.63) is 35.4 Å². The predicted octanol–water partition coefficient (Wildman–Crippen LogP) is 2.35. The molecule has 2 saturated heterocycles. The number of fused-ring (bicyclic) bond motifs is 2. The molecule has 3 atom stereocenters. The molecule has 0 saturated carbocycles. The lowest BCUT2D eigenvalue weighted by Crippen LogP contribution is -2.37. The average Bonchev–Trinajstić information content (AvgIpc) is 2.48. The van der Waals surface area contributed by atoms with Gasteiger partial charge in [-0.05, 0) is 44.3 Å². The Kier molecular flexibility index (Phi) is 3.17. The minimum atomic E-state index is 0.584. The third kappa shape index (κ3) is 2.38. The minimum absolute atomic E-state index is 0.584. The molecule has 1 aromatic carbocycles. The van der Waals surface area contributed by atoms with Crippen LogP contribution in [-0.4, -0.2) is 31.1 Å². The maximum Gasteiger partial charge on any atom is 0.0472 e. The van der Waals surface area contributed by atoms with E-state index in [1.807, 2.05) is 0 Å². The Balaban J connectivity index is 1.85. The predicted molar refractivity (Wildman–Crippen MR) is 71.1 cm³/mol. The largest absolute Gasteiger partial charge is 0.315 e. The summed E-state index contributed by atoms with van der Waals surface area (Å²) in [6.07, 6.45) is 2.78. The molecule has 3 rings (SSSR count). The summed E-state index contributed by atoms with van der Waals surface area (Å²) in [5.74, 6) is 0.874. The van der Waals surface area contributed by atoms with E-state index in [-0.39, 0.29) is 0 Å². The van der Waals surface area contributed by atoms with Crippen molar-refractivity contribution in [2.45, 2.75) is 25.8 Å². The Morgan fingerprint density at radius 2 is 2.24 bits per heavy atom. The van der Waals surface area contributed by atoms with Gasteiger partial charge in [-0.15, -0.1) is 0 Å². The minimum Gasteiger partial charge on any atom is -0.315 e. The lowest BCUT2D eigenvalue weighted by atomic mass is 9.96. The summed E-state index contributed by atoms with van der Waals surface area (Å²) in [6.45, 7) is 7.06. The second kappa shape index (κ2) is 4.79. The van der Waals surface area contributed by atoms with Gasteiger partial charge >= 0.3 is 0 Å². The smallest absolute Gasteiger partial charge is 0.0472 e. The fourth-order valence-corrected chi connectivity index (χ4v) is 3.31. The van der Waals surface area contributed by atoms with Gasteiger partial charge in [0.2, 0.25) is 0 Å². The lowest BCUT2D eigenvalue weighted by Gasteiger charge is -2.35. The standard InChI is InChI=1S/C15H22N2/c1-12-4-2-6-14(8-12)15-10-16-9-13-5-3-7-17(15)11-13/h2,4,6,8,13,15-16H,3,5,7,9-11H2,1H3. The molecular weight excluding hydrogens is 208 g/mol. The van der Waals surface area contributed by atoms with Gasteiger partial charge in [-0.3, -0.25) is 4.90 Å². The summed E-state index contributed by atoms with van der Waals surface area (Å²) < 4.78 is 0. The SMILES string of the molecule is Cc1cccc(C2CNCC3CCCN2C3)c1. The molecule has 2 nitrogen and oxygen atoms in total. The molecule has 2 bridgehead atoms. The zero-order valence-electron chi connectivity index (χ0n) is 10.7. The van der Waals surface area contributed by atoms with Crippen LogP contribution in [0.2, 0.25) is 0 Å². The van der Waals surface area contributed by atoms with Crippen LogP contribution in [0.5, 0.6) is 0 Å². The number of nitrogens with one attached hydrogen (secondary N) is 1. The molecule has 2 heteroatoms. The summed E-state index contributed by atoms with van der Waals surface area (Å²) in [4.78, 5) is 2.68. The van der Waals surface area contributed by atoms with Gasteiger partial charge in [0.15, 0.2) is 0 Å². The average molecular weight is 230 g/mol. The quantitative estimate of drug-likeness (QED) is 0.796. The van der Waals surface area contributed by atoms with E-state index in [9.17, 15) is 0 Å². The van der Waals surface area contributed by atoms with Crippen molar-refractivity contribution in [1.29, 1.82) is 0 Å². The highest BCUT2D eigenvalue weighted by atomic mass is 15.2. The fraction of sp³-hybridized carbons (Fsp3) is 0.600. The number of hydrogen-bond acceptors (Lipinski definition) is 2. The van der Waals surface area contributed by atoms with E-state index in [0.29, 0.717) is 6.04 Å². The first-order valence-electron chi connectivity index (χ1n) is 6.84. The van der Waals surface area contributed by atoms with Crippen molar-refractivity contribution in [2.24, 2.45) is 5.92 Å². The molecule has 2 aliphatic heterocycles. The molecule has 1 N–H and O–H groups in total. The van der Waals surface area contributed by atoms with Crippen molar-refractivity contribution in [2.75, 3.05) is 26.2 Å². The fourth-order valence-electron chi connectivity index (χ4n) is 3.31. The topological polar surface area (TPSA) is 15.3 Å². The molecule has 1 aromatic rings. The zero-order chi connectivity index (χ0) is 11.7. The third-order valence-electron chi connectivity index (χ3n) is 4.19. The van der Waals surface area contributed by atoms with Crippen molar-refractivity contribution >= 4 is 0 Å². The highest BCUT2D eigenvalue weighted by Crippen LogP contribution is 2.28. The van der Waals surface area contributed by atoms with E-state index in [1.54, 1.807) is 0 Å². The summed E-state index contributed by atoms with van der Waals surface area (Å²) >= 11 is 0. The lowest BCUT2D eigenvalue weighted by molar-refractivity contribution is 0.148. The van der Waals surface area contributed by atoms with E-state index in [1.165, 1.54) is 43.6 Å². The van der Waals surface area contributed by atoms with Crippen molar-refractivity contribution in [3.8, 4) is 0 Å². The van der Waals surface area contributed by atoms with Gasteiger partial charge in [0.25, 0.3) is 0 Å². The summed E-state index contributed by atoms with van der Waals surface area (Å²) in [6, 6.07) is 9.60. The number of piperidine rings is 1. The van der Waals surface area contributed by atoms with Gasteiger partial charge < -0.3 is 5.32 Å². The van der Waals surface area contributed by atoms with E-state index in [2.05, 4.69) is 41.4 Å². The molecule has 2 aliphatic rings. The summed E-state index contributed by atoms with van der Waals surface area (Å²) in [5.41, 5.74) is 2.86. The Morgan fingerprint density at radius 3 is 3.12 bits per heavy atom. The van der Waals surface area contributed by atoms with E-state index in [0.717, 1.165) is 12.5 Å². The van der Waals surface area contributed by atoms with Crippen LogP contribution in [0.3, 0.4) is 0 Å². The van der Waals surface area contributed by atoms with Crippen molar-refractivity contribution < 1.29 is 0 Å². The van der Waals surface area contributed by atoms with Gasteiger partial charge in [0, 0.05) is 19.1 Å². The van der Waals surface area contributed by atoms with Crippen LogP contribution in [-0.2, 0) is 0 Å². The van der Waals surface area contributed by atoms with Crippen LogP contribution in [0.4, 0.5) is 0 Å². The first-order chi connectivity index (χ1) is 8.33. The van der Waals surface area contributed by atoms with Crippen molar-refractivity contribution in [3.63, 3.8) is 0 Å². The van der Waals surface area contributed by atoms with Crippen LogP contribution in [0.25, 0.3) is 0 Å². The first kappa shape index (κ1) is 11.2. The number of hydrogen-bond donors (Lipinski definition) is 1. The third-order valence-corrected chi connectivity index (χ3v) is 4.19. The molecule has 17 heavy (non-hydrogen) atoms. The van der Waals surface area contributed by atoms with E-state index >= 15 is 0 Å². The molecule has 2 heterocycles. The molecule has 0 amide bonds. The van der Waals surface area contributed by atoms with Crippen LogP contribution >= 0.6 is 0 Å². The molecular formula is C15H22N2. The highest BCUT2D eigenvalue weighted by molar-refractivity contribution is 5.25. The maximum atomic E-state index is 3.65. The van der Waals surface area contributed by atoms with E-state index in [4.69, 9.17) is 0 Å². The Morgan fingerprint density at radius 1 is 1.29 bits per heavy atom. The van der Waals surface area contributed by atoms with Gasteiger partial charge in [0.05, 0.1) is 0 Å². The van der Waals surface area contributed by atoms with Crippen LogP contribution in [0.15, 0.2) is 24.3 Å². The summed E-state index contributed by atoms with van der Waals surface area (Å²) in [5, 5.41) is 3.65. The van der Waals surface area contributed by atoms with Gasteiger partial charge in [-0.1, -0.05) is 29.8 Å². The molecule has 0 aromatic heterocycles. The number of benzene rings is 1. The Bertz CT molecular complexity index is 388. The number of rotatable bonds is 1. The molecule has 0 radical (unpaired) electrons. The normalized spacial score (nSPS) is 33.1. The molecule has 0 aliphatic carbocycles. The zero-order valence-corrected chi connectivity index (χ0v) is 10.7. The molecule has 3 unspecified atom stereocenters. The van der Waals surface area contributed by atoms with Crippen molar-refractivity contribution in [1.82, 2.24) is 10.2 Å². The Labute approximate surface area is 104 Å². The number of nitrogens with zero attached hydrogens (tertiary/aromatic N) is 1. The second-order valence-electron chi connectivity index (χ2n) is 5.59. The Hall–Kier alpha value is -0.860. The van der Waals surface area contributed by atoms with Crippen LogP contribution in [0, 0.1) is 12.8 Å². The van der Waals surface area contributed by atoms with Crippen LogP contribution in [0.1, 0.15) is 30.0 Å². The molecule has 0 spiro atoms. The van der Waals surface area contributed by atoms with Gasteiger partial charge in [0.1, 0.15) is 0 Å². The summed E-state index contributed by atoms with van der Waals surface area (Å²) in [7, 11) is 0. The van der Waals surface area contributed by atoms with E-state index < -0.39 is 0 Å². The second-order valence-corrected chi connectivity index (χ2v) is 5.59. The highest BCUT2D eigenvalue weighted by Gasteiger charge is 2.29. The maximum absolute atomic E-state index is 3.65. The van der Waals surface area contributed by atoms with Crippen LogP contribution < -0.4 is 5.32 Å². The first-order valence-corrected chi connectivity index (χ1v) is 6.84. The number of aryl methyl sites for hydroxylation is 1.